The van der Waals surface area contributed by atoms with Crippen LogP contribution in [0, 0.1) is 5.82 Å². The van der Waals surface area contributed by atoms with Crippen molar-refractivity contribution in [2.75, 3.05) is 23.9 Å². The Morgan fingerprint density at radius 3 is 2.27 bits per heavy atom. The summed E-state index contributed by atoms with van der Waals surface area (Å²) >= 11 is 0. The lowest BCUT2D eigenvalue weighted by atomic mass is 9.78. The topological polar surface area (TPSA) is 67.9 Å². The fraction of sp³-hybridized carbons (Fsp3) is 0.263. The van der Waals surface area contributed by atoms with Gasteiger partial charge in [-0.3, -0.25) is 14.5 Å². The molecule has 4 aromatic rings. The third-order valence-electron chi connectivity index (χ3n) is 8.60. The number of ether oxygens (including phenoxy) is 2. The minimum absolute atomic E-state index is 0.0525. The smallest absolute Gasteiger partial charge is 0.259 e. The van der Waals surface area contributed by atoms with Gasteiger partial charge in [-0.2, -0.15) is 0 Å². The number of anilines is 2. The molecule has 0 unspecified atom stereocenters. The zero-order valence-electron chi connectivity index (χ0n) is 25.6. The minimum Gasteiger partial charge on any atom is -0.497 e. The summed E-state index contributed by atoms with van der Waals surface area (Å²) in [5.41, 5.74) is 4.91. The van der Waals surface area contributed by atoms with E-state index in [1.807, 2.05) is 48.5 Å². The number of para-hydroxylation sites is 2. The number of fused-ring (bicyclic) bond motifs is 1. The monoisotopic (exact) mass is 604 g/mol. The van der Waals surface area contributed by atoms with Gasteiger partial charge in [-0.25, -0.2) is 4.39 Å². The number of carbonyl (C=O) groups is 2. The van der Waals surface area contributed by atoms with Crippen molar-refractivity contribution >= 4 is 23.1 Å². The van der Waals surface area contributed by atoms with E-state index in [9.17, 15) is 14.0 Å². The maximum Gasteiger partial charge on any atom is 0.259 e. The maximum absolute atomic E-state index is 14.5. The molecule has 1 aliphatic carbocycles. The molecule has 0 saturated heterocycles. The van der Waals surface area contributed by atoms with Gasteiger partial charge in [-0.05, 0) is 90.6 Å². The van der Waals surface area contributed by atoms with Gasteiger partial charge in [0.05, 0.1) is 31.1 Å². The number of methoxy groups -OCH3 is 1. The predicted octanol–water partition coefficient (Wildman–Crippen LogP) is 8.62. The molecule has 4 aromatic carbocycles. The first-order valence-electron chi connectivity index (χ1n) is 15.5. The lowest BCUT2D eigenvalue weighted by molar-refractivity contribution is -0.116. The number of rotatable bonds is 9. The quantitative estimate of drug-likeness (QED) is 0.194. The van der Waals surface area contributed by atoms with Crippen molar-refractivity contribution in [1.29, 1.82) is 0 Å². The highest BCUT2D eigenvalue weighted by Crippen LogP contribution is 2.48. The number of allylic oxidation sites excluding steroid dienone is 1. The van der Waals surface area contributed by atoms with Crippen LogP contribution in [0.5, 0.6) is 11.5 Å². The van der Waals surface area contributed by atoms with Crippen molar-refractivity contribution in [2.45, 2.75) is 51.0 Å². The van der Waals surface area contributed by atoms with E-state index >= 15 is 0 Å². The van der Waals surface area contributed by atoms with Crippen molar-refractivity contribution in [3.8, 4) is 11.5 Å². The standard InChI is InChI=1S/C38H37FN2O4/c1-3-4-7-22-45-31-20-12-26(13-21-31)37-36-33(23-28(24-35(36)42)25-10-16-29(39)17-11-25)40-32-8-5-6-9-34(32)41(37)38(43)27-14-18-30(44-2)19-15-27/h5-6,8-21,28,37,40H,3-4,7,22-24H2,1-2H3/t28-,37+/m1/s1. The second kappa shape index (κ2) is 13.4. The number of carbonyl (C=O) groups excluding carboxylic acids is 2. The van der Waals surface area contributed by atoms with Crippen LogP contribution in [0.1, 0.15) is 72.5 Å². The van der Waals surface area contributed by atoms with Crippen molar-refractivity contribution in [1.82, 2.24) is 0 Å². The number of amides is 1. The van der Waals surface area contributed by atoms with Crippen LogP contribution in [-0.4, -0.2) is 25.4 Å². The summed E-state index contributed by atoms with van der Waals surface area (Å²) in [5.74, 6) is 0.667. The van der Waals surface area contributed by atoms with Gasteiger partial charge in [-0.15, -0.1) is 0 Å². The molecule has 1 heterocycles. The Hall–Kier alpha value is -4.91. The van der Waals surface area contributed by atoms with E-state index in [4.69, 9.17) is 9.47 Å². The van der Waals surface area contributed by atoms with Crippen LogP contribution in [0.4, 0.5) is 15.8 Å². The molecule has 7 heteroatoms. The number of halogens is 1. The molecule has 6 nitrogen and oxygen atoms in total. The van der Waals surface area contributed by atoms with Gasteiger partial charge >= 0.3 is 0 Å². The Kier molecular flexibility index (Phi) is 8.96. The van der Waals surface area contributed by atoms with Crippen LogP contribution in [0.25, 0.3) is 0 Å². The molecule has 1 amide bonds. The van der Waals surface area contributed by atoms with Crippen LogP contribution in [0.2, 0.25) is 0 Å². The molecule has 0 spiro atoms. The highest BCUT2D eigenvalue weighted by molar-refractivity contribution is 6.12. The fourth-order valence-electron chi connectivity index (χ4n) is 6.26. The van der Waals surface area contributed by atoms with Gasteiger partial charge in [0.15, 0.2) is 5.78 Å². The summed E-state index contributed by atoms with van der Waals surface area (Å²) in [7, 11) is 1.59. The zero-order valence-corrected chi connectivity index (χ0v) is 25.6. The van der Waals surface area contributed by atoms with Gasteiger partial charge in [-0.1, -0.05) is 56.2 Å². The Bertz CT molecular complexity index is 1700. The Morgan fingerprint density at radius 2 is 1.56 bits per heavy atom. The fourth-order valence-corrected chi connectivity index (χ4v) is 6.26. The van der Waals surface area contributed by atoms with Crippen molar-refractivity contribution in [2.24, 2.45) is 0 Å². The largest absolute Gasteiger partial charge is 0.497 e. The summed E-state index contributed by atoms with van der Waals surface area (Å²) < 4.78 is 25.1. The number of hydrogen-bond acceptors (Lipinski definition) is 5. The summed E-state index contributed by atoms with van der Waals surface area (Å²) in [6, 6.07) is 28.1. The highest BCUT2D eigenvalue weighted by Gasteiger charge is 2.42. The molecule has 0 radical (unpaired) electrons. The number of nitrogens with one attached hydrogen (secondary N) is 1. The minimum atomic E-state index is -0.693. The van der Waals surface area contributed by atoms with E-state index in [-0.39, 0.29) is 29.8 Å². The van der Waals surface area contributed by atoms with Gasteiger partial charge in [0.25, 0.3) is 5.91 Å². The summed E-state index contributed by atoms with van der Waals surface area (Å²) in [6.45, 7) is 2.79. The molecular formula is C38H37FN2O4. The average molecular weight is 605 g/mol. The third-order valence-corrected chi connectivity index (χ3v) is 8.60. The SMILES string of the molecule is CCCCCOc1ccc([C@H]2C3=C(C[C@@H](c4ccc(F)cc4)CC3=O)Nc3ccccc3N2C(=O)c2ccc(OC)cc2)cc1. The highest BCUT2D eigenvalue weighted by atomic mass is 19.1. The third kappa shape index (κ3) is 6.34. The number of Topliss-reactive ketones (excluding diaryl/α,β-unsaturated/α-hetero) is 1. The number of hydrogen-bond donors (Lipinski definition) is 1. The van der Waals surface area contributed by atoms with E-state index in [2.05, 4.69) is 12.2 Å². The Labute approximate surface area is 263 Å². The summed E-state index contributed by atoms with van der Waals surface area (Å²) in [6.07, 6.45) is 3.99. The molecule has 0 saturated carbocycles. The number of nitrogens with zero attached hydrogens (tertiary/aromatic N) is 1. The molecule has 2 atom stereocenters. The van der Waals surface area contributed by atoms with Gasteiger partial charge in [0.1, 0.15) is 17.3 Å². The van der Waals surface area contributed by atoms with Gasteiger partial charge in [0, 0.05) is 23.3 Å². The van der Waals surface area contributed by atoms with E-state index < -0.39 is 6.04 Å². The van der Waals surface area contributed by atoms with Crippen LogP contribution in [0.15, 0.2) is 108 Å². The summed E-state index contributed by atoms with van der Waals surface area (Å²) in [5, 5.41) is 3.55. The lowest BCUT2D eigenvalue weighted by Gasteiger charge is -2.35. The number of benzene rings is 4. The van der Waals surface area contributed by atoms with Crippen LogP contribution in [-0.2, 0) is 4.79 Å². The number of unbranched alkanes of at least 4 members (excludes halogenated alkanes) is 2. The first-order chi connectivity index (χ1) is 22.0. The average Bonchev–Trinajstić information content (AvgIpc) is 3.22. The van der Waals surface area contributed by atoms with Crippen LogP contribution in [0.3, 0.4) is 0 Å². The van der Waals surface area contributed by atoms with Crippen molar-refractivity contribution in [3.05, 3.63) is 131 Å². The molecule has 6 rings (SSSR count). The second-order valence-electron chi connectivity index (χ2n) is 11.5. The van der Waals surface area contributed by atoms with E-state index in [0.29, 0.717) is 35.6 Å². The molecule has 1 aliphatic heterocycles. The van der Waals surface area contributed by atoms with E-state index in [1.54, 1.807) is 48.4 Å². The van der Waals surface area contributed by atoms with E-state index in [0.717, 1.165) is 47.5 Å². The Morgan fingerprint density at radius 1 is 0.867 bits per heavy atom. The molecule has 0 fully saturated rings. The predicted molar refractivity (Wildman–Crippen MR) is 174 cm³/mol. The molecular weight excluding hydrogens is 567 g/mol. The van der Waals surface area contributed by atoms with Gasteiger partial charge in [0.2, 0.25) is 0 Å². The molecule has 2 aliphatic rings. The zero-order chi connectivity index (χ0) is 31.3. The lowest BCUT2D eigenvalue weighted by Crippen LogP contribution is -2.38. The normalized spacial score (nSPS) is 17.6. The maximum atomic E-state index is 14.5. The molecule has 45 heavy (non-hydrogen) atoms. The summed E-state index contributed by atoms with van der Waals surface area (Å²) in [4.78, 5) is 30.5. The second-order valence-corrected chi connectivity index (χ2v) is 11.5. The molecule has 0 bridgehead atoms. The molecule has 230 valence electrons. The molecule has 1 N–H and O–H groups in total. The number of ketones is 1. The van der Waals surface area contributed by atoms with Crippen LogP contribution < -0.4 is 19.7 Å². The van der Waals surface area contributed by atoms with Crippen molar-refractivity contribution < 1.29 is 23.5 Å². The van der Waals surface area contributed by atoms with Gasteiger partial charge < -0.3 is 14.8 Å². The Balaban J connectivity index is 1.47. The van der Waals surface area contributed by atoms with Crippen molar-refractivity contribution in [3.63, 3.8) is 0 Å². The first kappa shape index (κ1) is 30.1. The first-order valence-corrected chi connectivity index (χ1v) is 15.5. The van der Waals surface area contributed by atoms with E-state index in [1.165, 1.54) is 12.1 Å². The van der Waals surface area contributed by atoms with Crippen LogP contribution >= 0.6 is 0 Å². The molecule has 0 aromatic heterocycles.